The normalized spacial score (nSPS) is 49.4. The Hall–Kier alpha value is -1.07. The second kappa shape index (κ2) is 5.46. The van der Waals surface area contributed by atoms with Crippen LogP contribution in [0.1, 0.15) is 72.1 Å². The highest BCUT2D eigenvalue weighted by Gasteiger charge is 2.57. The van der Waals surface area contributed by atoms with E-state index in [4.69, 9.17) is 6.57 Å². The smallest absolute Gasteiger partial charge is 0.162 e. The Balaban J connectivity index is 1.69. The minimum atomic E-state index is -0.208. The first kappa shape index (κ1) is 16.4. The molecule has 24 heavy (non-hydrogen) atoms. The quantitative estimate of drug-likeness (QED) is 0.461. The van der Waals surface area contributed by atoms with Crippen molar-refractivity contribution in [1.82, 2.24) is 0 Å². The molecule has 0 amide bonds. The predicted molar refractivity (Wildman–Crippen MR) is 97.0 cm³/mol. The molecule has 0 aromatic heterocycles. The first-order valence-electron chi connectivity index (χ1n) is 9.87. The van der Waals surface area contributed by atoms with E-state index in [9.17, 15) is 5.11 Å². The van der Waals surface area contributed by atoms with Gasteiger partial charge in [0, 0.05) is 0 Å². The fourth-order valence-corrected chi connectivity index (χ4v) is 7.18. The van der Waals surface area contributed by atoms with Crippen molar-refractivity contribution in [2.45, 2.75) is 78.2 Å². The zero-order valence-corrected chi connectivity index (χ0v) is 15.4. The third-order valence-corrected chi connectivity index (χ3v) is 8.48. The lowest BCUT2D eigenvalue weighted by Gasteiger charge is -2.58. The van der Waals surface area contributed by atoms with Gasteiger partial charge in [0.25, 0.3) is 0 Å². The molecule has 0 aromatic rings. The summed E-state index contributed by atoms with van der Waals surface area (Å²) in [5.74, 6) is 2.38. The molecule has 1 N–H and O–H groups in total. The lowest BCUT2D eigenvalue weighted by atomic mass is 9.47. The molecule has 4 rings (SSSR count). The molecule has 3 fully saturated rings. The molecule has 0 bridgehead atoms. The summed E-state index contributed by atoms with van der Waals surface area (Å²) < 4.78 is 0. The van der Waals surface area contributed by atoms with Gasteiger partial charge >= 0.3 is 0 Å². The van der Waals surface area contributed by atoms with Crippen LogP contribution >= 0.6 is 0 Å². The monoisotopic (exact) mass is 325 g/mol. The van der Waals surface area contributed by atoms with Crippen LogP contribution in [-0.4, -0.2) is 11.2 Å². The topological polar surface area (TPSA) is 24.6 Å². The Morgan fingerprint density at radius 3 is 2.54 bits per heavy atom. The molecule has 130 valence electrons. The molecule has 0 radical (unpaired) electrons. The van der Waals surface area contributed by atoms with E-state index >= 15 is 0 Å². The number of aliphatic hydroxyl groups is 1. The largest absolute Gasteiger partial charge is 0.389 e. The molecule has 2 nitrogen and oxygen atoms in total. The number of allylic oxidation sites excluding steroid dienone is 3. The molecule has 0 heterocycles. The summed E-state index contributed by atoms with van der Waals surface area (Å²) in [7, 11) is 0. The molecular weight excluding hydrogens is 294 g/mol. The van der Waals surface area contributed by atoms with Gasteiger partial charge in [-0.3, -0.25) is 0 Å². The van der Waals surface area contributed by atoms with Crippen molar-refractivity contribution in [3.63, 3.8) is 0 Å². The summed E-state index contributed by atoms with van der Waals surface area (Å²) in [6, 6.07) is 0. The zero-order valence-electron chi connectivity index (χ0n) is 15.4. The molecule has 0 aliphatic heterocycles. The van der Waals surface area contributed by atoms with Gasteiger partial charge in [-0.15, -0.1) is 0 Å². The molecule has 0 spiro atoms. The van der Waals surface area contributed by atoms with Gasteiger partial charge in [0.15, 0.2) is 5.70 Å². The van der Waals surface area contributed by atoms with Crippen molar-refractivity contribution in [2.75, 3.05) is 0 Å². The minimum Gasteiger partial charge on any atom is -0.389 e. The standard InChI is InChI=1S/C22H31NO/c1-14(23-4)18-7-8-19-17-6-5-15-13-16(24)9-11-21(15,2)20(17)10-12-22(18,19)3/h13,16-17,19-20,24H,5-12H2,1-3H3/b18-14-/t16-,17+,19+,20+,21+,22-/m1/s1. The maximum Gasteiger partial charge on any atom is 0.162 e. The Bertz CT molecular complexity index is 653. The van der Waals surface area contributed by atoms with Gasteiger partial charge in [0.1, 0.15) is 0 Å². The molecule has 0 unspecified atom stereocenters. The van der Waals surface area contributed by atoms with Crippen LogP contribution in [-0.2, 0) is 0 Å². The van der Waals surface area contributed by atoms with Crippen LogP contribution in [0.15, 0.2) is 22.9 Å². The van der Waals surface area contributed by atoms with Gasteiger partial charge in [0.2, 0.25) is 0 Å². The molecule has 4 aliphatic rings. The molecular formula is C22H31NO. The average Bonchev–Trinajstić information content (AvgIpc) is 2.92. The van der Waals surface area contributed by atoms with Crippen LogP contribution in [0.5, 0.6) is 0 Å². The second-order valence-electron chi connectivity index (χ2n) is 9.30. The summed E-state index contributed by atoms with van der Waals surface area (Å²) in [6.45, 7) is 14.4. The fourth-order valence-electron chi connectivity index (χ4n) is 7.18. The number of fused-ring (bicyclic) bond motifs is 5. The van der Waals surface area contributed by atoms with Gasteiger partial charge in [-0.05, 0) is 86.9 Å². The van der Waals surface area contributed by atoms with Gasteiger partial charge in [-0.25, -0.2) is 4.85 Å². The molecule has 3 saturated carbocycles. The Labute approximate surface area is 146 Å². The molecule has 0 aromatic carbocycles. The van der Waals surface area contributed by atoms with Crippen molar-refractivity contribution in [3.05, 3.63) is 34.3 Å². The number of rotatable bonds is 0. The highest BCUT2D eigenvalue weighted by Crippen LogP contribution is 2.66. The molecule has 0 saturated heterocycles. The van der Waals surface area contributed by atoms with Crippen LogP contribution in [0.25, 0.3) is 4.85 Å². The van der Waals surface area contributed by atoms with E-state index in [1.54, 1.807) is 5.57 Å². The van der Waals surface area contributed by atoms with E-state index in [0.717, 1.165) is 42.7 Å². The number of aliphatic hydroxyl groups excluding tert-OH is 1. The van der Waals surface area contributed by atoms with Crippen molar-refractivity contribution >= 4 is 0 Å². The average molecular weight is 325 g/mol. The zero-order chi connectivity index (χ0) is 17.1. The maximum atomic E-state index is 10.1. The highest BCUT2D eigenvalue weighted by molar-refractivity contribution is 5.32. The first-order valence-corrected chi connectivity index (χ1v) is 9.87. The van der Waals surface area contributed by atoms with E-state index in [2.05, 4.69) is 24.8 Å². The van der Waals surface area contributed by atoms with Gasteiger partial charge in [-0.2, -0.15) is 0 Å². The summed E-state index contributed by atoms with van der Waals surface area (Å²) >= 11 is 0. The van der Waals surface area contributed by atoms with Gasteiger partial charge < -0.3 is 5.11 Å². The molecule has 6 atom stereocenters. The SMILES string of the molecule is [C-]#[N+]/C(C)=C1/CC[C@H]2[C@@H]3CCC4=C[C@H](O)CC[C@]4(C)[C@H]3CC[C@]12C. The lowest BCUT2D eigenvalue weighted by molar-refractivity contribution is -0.0315. The predicted octanol–water partition coefficient (Wildman–Crippen LogP) is 5.50. The van der Waals surface area contributed by atoms with Crippen LogP contribution in [0.3, 0.4) is 0 Å². The van der Waals surface area contributed by atoms with Crippen LogP contribution < -0.4 is 0 Å². The van der Waals surface area contributed by atoms with Crippen LogP contribution in [0.4, 0.5) is 0 Å². The molecule has 4 aliphatic carbocycles. The number of hydrogen-bond donors (Lipinski definition) is 1. The first-order chi connectivity index (χ1) is 11.4. The van der Waals surface area contributed by atoms with E-state index in [0.29, 0.717) is 5.41 Å². The Morgan fingerprint density at radius 1 is 1.08 bits per heavy atom. The van der Waals surface area contributed by atoms with E-state index in [1.165, 1.54) is 37.7 Å². The summed E-state index contributed by atoms with van der Waals surface area (Å²) in [6.07, 6.45) is 11.6. The summed E-state index contributed by atoms with van der Waals surface area (Å²) in [5, 5.41) is 10.1. The molecule has 2 heteroatoms. The maximum absolute atomic E-state index is 10.1. The van der Waals surface area contributed by atoms with E-state index < -0.39 is 0 Å². The van der Waals surface area contributed by atoms with E-state index in [-0.39, 0.29) is 11.5 Å². The summed E-state index contributed by atoms with van der Waals surface area (Å²) in [5.41, 5.74) is 4.61. The van der Waals surface area contributed by atoms with Gasteiger partial charge in [-0.1, -0.05) is 31.1 Å². The van der Waals surface area contributed by atoms with Crippen molar-refractivity contribution in [1.29, 1.82) is 0 Å². The van der Waals surface area contributed by atoms with Crippen LogP contribution in [0, 0.1) is 35.2 Å². The highest BCUT2D eigenvalue weighted by atomic mass is 16.3. The van der Waals surface area contributed by atoms with Crippen molar-refractivity contribution in [2.24, 2.45) is 28.6 Å². The number of nitrogens with zero attached hydrogens (tertiary/aromatic N) is 1. The van der Waals surface area contributed by atoms with Crippen molar-refractivity contribution in [3.8, 4) is 0 Å². The van der Waals surface area contributed by atoms with Crippen LogP contribution in [0.2, 0.25) is 0 Å². The summed E-state index contributed by atoms with van der Waals surface area (Å²) in [4.78, 5) is 3.79. The van der Waals surface area contributed by atoms with Gasteiger partial charge in [0.05, 0.1) is 12.7 Å². The number of hydrogen-bond acceptors (Lipinski definition) is 1. The lowest BCUT2D eigenvalue weighted by Crippen LogP contribution is -2.49. The fraction of sp³-hybridized carbons (Fsp3) is 0.773. The minimum absolute atomic E-state index is 0.208. The third kappa shape index (κ3) is 2.10. The second-order valence-corrected chi connectivity index (χ2v) is 9.30. The van der Waals surface area contributed by atoms with E-state index in [1.807, 2.05) is 6.92 Å². The third-order valence-electron chi connectivity index (χ3n) is 8.48. The Kier molecular flexibility index (Phi) is 3.73. The van der Waals surface area contributed by atoms with Crippen molar-refractivity contribution < 1.29 is 5.11 Å². The Morgan fingerprint density at radius 2 is 1.79 bits per heavy atom.